The van der Waals surface area contributed by atoms with Gasteiger partial charge in [0.15, 0.2) is 11.0 Å². The van der Waals surface area contributed by atoms with Crippen LogP contribution in [0.15, 0.2) is 54.6 Å². The number of nitrogens with zero attached hydrogens (tertiary/aromatic N) is 2. The number of rotatable bonds is 3. The monoisotopic (exact) mass is 421 g/mol. The number of aromatic nitrogens is 2. The van der Waals surface area contributed by atoms with Crippen LogP contribution in [-0.4, -0.2) is 4.40 Å². The molecule has 0 saturated heterocycles. The van der Waals surface area contributed by atoms with Crippen molar-refractivity contribution in [1.82, 2.24) is 4.40 Å². The van der Waals surface area contributed by atoms with Gasteiger partial charge >= 0.3 is 0 Å². The summed E-state index contributed by atoms with van der Waals surface area (Å²) in [4.78, 5) is 0. The van der Waals surface area contributed by atoms with Gasteiger partial charge in [-0.3, -0.25) is 0 Å². The Labute approximate surface area is 190 Å². The van der Waals surface area contributed by atoms with Crippen LogP contribution < -0.4 is 4.57 Å². The Morgan fingerprint density at radius 1 is 0.938 bits per heavy atom. The van der Waals surface area contributed by atoms with Gasteiger partial charge in [-0.25, -0.2) is 4.57 Å². The van der Waals surface area contributed by atoms with Crippen LogP contribution >= 0.6 is 0 Å². The van der Waals surface area contributed by atoms with E-state index in [1.165, 1.54) is 55.0 Å². The number of fused-ring (bicyclic) bond motifs is 6. The van der Waals surface area contributed by atoms with Crippen LogP contribution in [0.3, 0.4) is 0 Å². The van der Waals surface area contributed by atoms with Crippen molar-refractivity contribution < 1.29 is 4.57 Å². The lowest BCUT2D eigenvalue weighted by Crippen LogP contribution is -2.60. The molecule has 2 heteroatoms. The molecule has 2 aromatic heterocycles. The van der Waals surface area contributed by atoms with E-state index >= 15 is 0 Å². The highest BCUT2D eigenvalue weighted by Gasteiger charge is 2.48. The summed E-state index contributed by atoms with van der Waals surface area (Å²) < 4.78 is 5.31. The normalized spacial score (nSPS) is 17.5. The highest BCUT2D eigenvalue weighted by molar-refractivity contribution is 6.15. The Balaban J connectivity index is 2.03. The first-order valence-corrected chi connectivity index (χ1v) is 12.3. The molecule has 0 N–H and O–H groups in total. The SMILES string of the molecule is CCC1(CC)C(C)c2ccc(C)c3c4ccccc4n4c5cc(C(C)C)ccc5[n+]1c4c23. The Morgan fingerprint density at radius 2 is 1.69 bits per heavy atom. The number of aryl methyl sites for hydroxylation is 1. The molecule has 1 aliphatic heterocycles. The molecule has 3 aromatic carbocycles. The minimum absolute atomic E-state index is 0.0734. The van der Waals surface area contributed by atoms with Crippen LogP contribution in [0, 0.1) is 6.92 Å². The molecule has 6 rings (SSSR count). The highest BCUT2D eigenvalue weighted by Crippen LogP contribution is 2.48. The maximum atomic E-state index is 2.73. The first-order chi connectivity index (χ1) is 15.4. The fourth-order valence-corrected chi connectivity index (χ4v) is 6.73. The lowest BCUT2D eigenvalue weighted by Gasteiger charge is -2.39. The lowest BCUT2D eigenvalue weighted by molar-refractivity contribution is -0.725. The molecule has 32 heavy (non-hydrogen) atoms. The first-order valence-electron chi connectivity index (χ1n) is 12.3. The van der Waals surface area contributed by atoms with Crippen LogP contribution in [0.5, 0.6) is 0 Å². The Kier molecular flexibility index (Phi) is 4.06. The van der Waals surface area contributed by atoms with E-state index in [4.69, 9.17) is 0 Å². The van der Waals surface area contributed by atoms with Crippen LogP contribution in [0.4, 0.5) is 0 Å². The van der Waals surface area contributed by atoms with Crippen LogP contribution in [0.2, 0.25) is 0 Å². The maximum absolute atomic E-state index is 2.73. The summed E-state index contributed by atoms with van der Waals surface area (Å²) >= 11 is 0. The summed E-state index contributed by atoms with van der Waals surface area (Å²) in [7, 11) is 0. The molecule has 0 fully saturated rings. The Bertz CT molecular complexity index is 1550. The minimum atomic E-state index is 0.0734. The average Bonchev–Trinajstić information content (AvgIpc) is 3.15. The smallest absolute Gasteiger partial charge is 0.216 e. The van der Waals surface area contributed by atoms with Crippen molar-refractivity contribution in [1.29, 1.82) is 0 Å². The third-order valence-corrected chi connectivity index (χ3v) is 8.60. The number of para-hydroxylation sites is 1. The van der Waals surface area contributed by atoms with Gasteiger partial charge in [0, 0.05) is 16.7 Å². The topological polar surface area (TPSA) is 8.29 Å². The molecule has 0 aliphatic carbocycles. The zero-order valence-corrected chi connectivity index (χ0v) is 20.2. The molecular weight excluding hydrogens is 388 g/mol. The van der Waals surface area contributed by atoms with Gasteiger partial charge in [-0.05, 0) is 60.6 Å². The number of hydrogen-bond acceptors (Lipinski definition) is 0. The van der Waals surface area contributed by atoms with Crippen molar-refractivity contribution in [3.8, 4) is 0 Å². The van der Waals surface area contributed by atoms with Crippen molar-refractivity contribution in [3.63, 3.8) is 0 Å². The van der Waals surface area contributed by atoms with E-state index < -0.39 is 0 Å². The second kappa shape index (κ2) is 6.57. The minimum Gasteiger partial charge on any atom is -0.216 e. The number of benzene rings is 3. The van der Waals surface area contributed by atoms with E-state index in [2.05, 4.69) is 105 Å². The standard InChI is InChI=1S/C30H33N2/c1-7-30(8-2)20(6)22-15-13-19(5)27-23-11-9-10-12-24(23)31-26-17-21(18(3)4)14-16-25(26)32(30)29(31)28(22)27/h9-18,20H,7-8H2,1-6H3/q+1. The molecule has 3 heterocycles. The molecule has 5 aromatic rings. The molecule has 1 atom stereocenters. The number of imidazole rings is 1. The fraction of sp³-hybridized carbons (Fsp3) is 0.367. The van der Waals surface area contributed by atoms with Gasteiger partial charge in [-0.2, -0.15) is 4.40 Å². The van der Waals surface area contributed by atoms with Crippen LogP contribution in [0.1, 0.15) is 76.0 Å². The zero-order valence-electron chi connectivity index (χ0n) is 20.2. The van der Waals surface area contributed by atoms with Gasteiger partial charge in [-0.15, -0.1) is 0 Å². The Hall–Kier alpha value is -2.87. The summed E-state index contributed by atoms with van der Waals surface area (Å²) in [6.45, 7) is 14.1. The molecule has 0 spiro atoms. The quantitative estimate of drug-likeness (QED) is 0.208. The second-order valence-corrected chi connectivity index (χ2v) is 10.2. The summed E-state index contributed by atoms with van der Waals surface area (Å²) in [6.07, 6.45) is 2.25. The van der Waals surface area contributed by atoms with E-state index in [0.717, 1.165) is 12.8 Å². The lowest BCUT2D eigenvalue weighted by atomic mass is 9.72. The molecule has 0 radical (unpaired) electrons. The van der Waals surface area contributed by atoms with Gasteiger partial charge in [0.05, 0.1) is 5.39 Å². The molecule has 0 amide bonds. The van der Waals surface area contributed by atoms with Gasteiger partial charge < -0.3 is 0 Å². The largest absolute Gasteiger partial charge is 0.296 e. The van der Waals surface area contributed by atoms with Crippen LogP contribution in [-0.2, 0) is 5.54 Å². The summed E-state index contributed by atoms with van der Waals surface area (Å²) in [5.74, 6) is 0.965. The molecule has 2 nitrogen and oxygen atoms in total. The van der Waals surface area contributed by atoms with Crippen molar-refractivity contribution >= 4 is 38.4 Å². The van der Waals surface area contributed by atoms with Gasteiger partial charge in [0.25, 0.3) is 5.65 Å². The summed E-state index contributed by atoms with van der Waals surface area (Å²) in [5, 5.41) is 4.25. The van der Waals surface area contributed by atoms with E-state index in [1.54, 1.807) is 0 Å². The molecule has 0 bridgehead atoms. The summed E-state index contributed by atoms with van der Waals surface area (Å²) in [5.41, 5.74) is 9.78. The number of hydrogen-bond donors (Lipinski definition) is 0. The highest BCUT2D eigenvalue weighted by atomic mass is 15.2. The third kappa shape index (κ3) is 2.18. The van der Waals surface area contributed by atoms with Gasteiger partial charge in [-0.1, -0.05) is 71.0 Å². The van der Waals surface area contributed by atoms with Gasteiger partial charge in [0.2, 0.25) is 0 Å². The van der Waals surface area contributed by atoms with E-state index in [0.29, 0.717) is 11.8 Å². The van der Waals surface area contributed by atoms with Crippen molar-refractivity contribution in [2.75, 3.05) is 0 Å². The van der Waals surface area contributed by atoms with E-state index in [1.807, 2.05) is 0 Å². The van der Waals surface area contributed by atoms with E-state index in [-0.39, 0.29) is 5.54 Å². The van der Waals surface area contributed by atoms with Crippen molar-refractivity contribution in [2.24, 2.45) is 0 Å². The summed E-state index contributed by atoms with van der Waals surface area (Å²) in [6, 6.07) is 21.0. The van der Waals surface area contributed by atoms with Crippen molar-refractivity contribution in [2.45, 2.75) is 71.8 Å². The molecule has 1 aliphatic rings. The molecule has 162 valence electrons. The average molecular weight is 422 g/mol. The zero-order chi connectivity index (χ0) is 22.4. The number of pyridine rings is 1. The fourth-order valence-electron chi connectivity index (χ4n) is 6.73. The maximum Gasteiger partial charge on any atom is 0.296 e. The van der Waals surface area contributed by atoms with Crippen molar-refractivity contribution in [3.05, 3.63) is 71.3 Å². The third-order valence-electron chi connectivity index (χ3n) is 8.60. The predicted molar refractivity (Wildman–Crippen MR) is 136 cm³/mol. The van der Waals surface area contributed by atoms with Crippen LogP contribution in [0.25, 0.3) is 38.4 Å². The first kappa shape index (κ1) is 19.8. The van der Waals surface area contributed by atoms with E-state index in [9.17, 15) is 0 Å². The molecule has 1 unspecified atom stereocenters. The second-order valence-electron chi connectivity index (χ2n) is 10.2. The molecular formula is C30H33N2+. The van der Waals surface area contributed by atoms with Gasteiger partial charge in [0.1, 0.15) is 11.1 Å². The predicted octanol–water partition coefficient (Wildman–Crippen LogP) is 7.75. The molecule has 0 saturated carbocycles. The Morgan fingerprint density at radius 3 is 2.41 bits per heavy atom.